The summed E-state index contributed by atoms with van der Waals surface area (Å²) in [7, 11) is 0. The van der Waals surface area contributed by atoms with Crippen LogP contribution in [0, 0.1) is 50.2 Å². The Kier molecular flexibility index (Phi) is 17.8. The average Bonchev–Trinajstić information content (AvgIpc) is 3.37. The van der Waals surface area contributed by atoms with Gasteiger partial charge in [-0.15, -0.1) is 0 Å². The number of carbonyl (C=O) groups is 2. The number of carbonyl (C=O) groups excluding carboxylic acids is 1. The lowest BCUT2D eigenvalue weighted by Crippen LogP contribution is -2.71. The van der Waals surface area contributed by atoms with Crippen LogP contribution >= 0.6 is 0 Å². The van der Waals surface area contributed by atoms with Crippen LogP contribution in [0.25, 0.3) is 0 Å². The van der Waals surface area contributed by atoms with Crippen LogP contribution in [-0.4, -0.2) is 266 Å². The fourth-order valence-corrected chi connectivity index (χ4v) is 16.7. The van der Waals surface area contributed by atoms with Crippen molar-refractivity contribution in [2.45, 2.75) is 234 Å². The monoisotopic (exact) mass is 1170 g/mol. The van der Waals surface area contributed by atoms with E-state index in [4.69, 9.17) is 37.9 Å². The number of aliphatic hydroxyl groups is 16. The van der Waals surface area contributed by atoms with E-state index < -0.39 is 218 Å². The molecular formula is C54H86O27. The summed E-state index contributed by atoms with van der Waals surface area (Å²) in [6.45, 7) is 9.06. The highest BCUT2D eigenvalue weighted by atomic mass is 16.8. The van der Waals surface area contributed by atoms with Gasteiger partial charge in [-0.2, -0.15) is 0 Å². The maximum Gasteiger partial charge on any atom is 0.335 e. The van der Waals surface area contributed by atoms with Gasteiger partial charge in [0.1, 0.15) is 97.0 Å². The third-order valence-corrected chi connectivity index (χ3v) is 21.5. The van der Waals surface area contributed by atoms with Crippen LogP contribution in [0.1, 0.15) is 92.9 Å². The van der Waals surface area contributed by atoms with Gasteiger partial charge in [0.05, 0.1) is 44.7 Å². The minimum atomic E-state index is -2.26. The number of rotatable bonds is 13. The van der Waals surface area contributed by atoms with Crippen molar-refractivity contribution in [1.82, 2.24) is 0 Å². The van der Waals surface area contributed by atoms with Gasteiger partial charge in [0.25, 0.3) is 0 Å². The summed E-state index contributed by atoms with van der Waals surface area (Å²) in [6, 6.07) is 0. The molecule has 81 heavy (non-hydrogen) atoms. The molecule has 4 saturated carbocycles. The summed E-state index contributed by atoms with van der Waals surface area (Å²) >= 11 is 0. The fraction of sp³-hybridized carbons (Fsp3) is 0.926. The lowest BCUT2D eigenvalue weighted by Gasteiger charge is -2.72. The van der Waals surface area contributed by atoms with Crippen molar-refractivity contribution in [3.63, 3.8) is 0 Å². The zero-order chi connectivity index (χ0) is 59.6. The molecule has 464 valence electrons. The van der Waals surface area contributed by atoms with E-state index in [1.807, 2.05) is 6.92 Å². The second kappa shape index (κ2) is 22.8. The van der Waals surface area contributed by atoms with E-state index in [-0.39, 0.29) is 30.6 Å². The molecule has 9 rings (SSSR count). The number of aliphatic hydroxyl groups excluding tert-OH is 16. The summed E-state index contributed by atoms with van der Waals surface area (Å²) in [5.74, 6) is -3.92. The molecule has 0 aromatic heterocycles. The first-order valence-corrected chi connectivity index (χ1v) is 28.2. The molecule has 4 heterocycles. The Balaban J connectivity index is 1.01. The molecule has 0 spiro atoms. The Labute approximate surface area is 467 Å². The van der Waals surface area contributed by atoms with Crippen molar-refractivity contribution < 1.29 is 134 Å². The molecule has 0 amide bonds. The van der Waals surface area contributed by atoms with Crippen molar-refractivity contribution in [2.24, 2.45) is 50.2 Å². The summed E-state index contributed by atoms with van der Waals surface area (Å²) in [5.41, 5.74) is -4.46. The van der Waals surface area contributed by atoms with Crippen LogP contribution in [0.2, 0.25) is 0 Å². The molecule has 1 unspecified atom stereocenters. The van der Waals surface area contributed by atoms with Crippen molar-refractivity contribution in [1.29, 1.82) is 0 Å². The van der Waals surface area contributed by atoms with Crippen molar-refractivity contribution in [3.05, 3.63) is 11.6 Å². The van der Waals surface area contributed by atoms with Gasteiger partial charge in [-0.25, -0.2) is 4.79 Å². The van der Waals surface area contributed by atoms with Gasteiger partial charge >= 0.3 is 11.9 Å². The molecule has 9 aliphatic rings. The minimum absolute atomic E-state index is 0.0454. The van der Waals surface area contributed by atoms with Crippen LogP contribution in [-0.2, 0) is 47.5 Å². The van der Waals surface area contributed by atoms with Crippen LogP contribution in [0.4, 0.5) is 0 Å². The molecule has 17 N–H and O–H groups in total. The van der Waals surface area contributed by atoms with Gasteiger partial charge in [-0.3, -0.25) is 4.79 Å². The molecule has 4 aliphatic heterocycles. The highest BCUT2D eigenvalue weighted by Gasteiger charge is 2.73. The van der Waals surface area contributed by atoms with Gasteiger partial charge in [-0.05, 0) is 90.8 Å². The van der Waals surface area contributed by atoms with Crippen molar-refractivity contribution in [3.8, 4) is 0 Å². The normalized spacial score (nSPS) is 54.4. The van der Waals surface area contributed by atoms with Gasteiger partial charge < -0.3 is 125 Å². The van der Waals surface area contributed by atoms with Crippen LogP contribution < -0.4 is 0 Å². The smallest absolute Gasteiger partial charge is 0.335 e. The Morgan fingerprint density at radius 3 is 1.65 bits per heavy atom. The zero-order valence-corrected chi connectivity index (χ0v) is 46.3. The van der Waals surface area contributed by atoms with Crippen LogP contribution in [0.5, 0.6) is 0 Å². The molecule has 27 heteroatoms. The van der Waals surface area contributed by atoms with E-state index in [1.165, 1.54) is 0 Å². The number of ether oxygens (including phenoxy) is 8. The Morgan fingerprint density at radius 2 is 1.09 bits per heavy atom. The molecule has 0 aromatic rings. The minimum Gasteiger partial charge on any atom is -0.479 e. The third kappa shape index (κ3) is 10.0. The molecule has 8 fully saturated rings. The largest absolute Gasteiger partial charge is 0.479 e. The third-order valence-electron chi connectivity index (χ3n) is 21.5. The second-order valence-electron chi connectivity index (χ2n) is 26.4. The number of hydrogen-bond acceptors (Lipinski definition) is 26. The Morgan fingerprint density at radius 1 is 0.568 bits per heavy atom. The lowest BCUT2D eigenvalue weighted by atomic mass is 9.33. The van der Waals surface area contributed by atoms with E-state index in [1.54, 1.807) is 6.92 Å². The standard InChI is InChI=1S/C54H86O27/c1-49(2)11-12-54(48(73)81-45-38(70)33(65)30(62)24(17-56)75-45)21(13-49)20-7-8-27-50(3)14-22(59)42(51(4,19-58)26(50)9-10-52(27,5)53(20,6)15-28(54)60)80-46-40(34(66)31(63)25(18-57)76-46)79-47-41(36(68)35(67)39(77-47)43(71)72)78-44-37(69)32(64)29(61)23(16-55)74-44/h7,21-42,44-47,55-70H,8-19H2,1-6H3,(H,71,72)/t21-,22+,23+,24+,25+,26+,27+,28?,29-,30+,31-,32-,33-,34-,35-,36-,37+,38+,39-,40+,41+,42-,44-,45-,46-,47-,50-,51-,52+,53+,54+/m0/s1. The molecule has 31 atom stereocenters. The van der Waals surface area contributed by atoms with E-state index >= 15 is 0 Å². The summed E-state index contributed by atoms with van der Waals surface area (Å²) in [4.78, 5) is 27.2. The maximum atomic E-state index is 14.8. The first-order valence-electron chi connectivity index (χ1n) is 28.2. The molecule has 0 aromatic carbocycles. The molecule has 0 radical (unpaired) electrons. The Hall–Kier alpha value is -2.24. The van der Waals surface area contributed by atoms with E-state index in [0.29, 0.717) is 32.1 Å². The number of esters is 1. The topological polar surface area (TPSA) is 452 Å². The number of allylic oxidation sites excluding steroid dienone is 2. The number of carboxylic acids is 1. The first kappa shape index (κ1) is 63.3. The van der Waals surface area contributed by atoms with Crippen LogP contribution in [0.15, 0.2) is 11.6 Å². The van der Waals surface area contributed by atoms with E-state index in [2.05, 4.69) is 33.8 Å². The second-order valence-corrected chi connectivity index (χ2v) is 26.4. The molecule has 5 aliphatic carbocycles. The van der Waals surface area contributed by atoms with E-state index in [0.717, 1.165) is 5.57 Å². The molecular weight excluding hydrogens is 1080 g/mol. The van der Waals surface area contributed by atoms with Crippen molar-refractivity contribution >= 4 is 11.9 Å². The van der Waals surface area contributed by atoms with Crippen LogP contribution in [0.3, 0.4) is 0 Å². The first-order chi connectivity index (χ1) is 37.9. The van der Waals surface area contributed by atoms with Gasteiger partial charge in [0.15, 0.2) is 25.0 Å². The highest BCUT2D eigenvalue weighted by Crippen LogP contribution is 2.76. The van der Waals surface area contributed by atoms with Crippen molar-refractivity contribution in [2.75, 3.05) is 26.4 Å². The fourth-order valence-electron chi connectivity index (χ4n) is 16.7. The van der Waals surface area contributed by atoms with Gasteiger partial charge in [-0.1, -0.05) is 53.2 Å². The van der Waals surface area contributed by atoms with Gasteiger partial charge in [0.2, 0.25) is 6.29 Å². The summed E-state index contributed by atoms with van der Waals surface area (Å²) in [5, 5.41) is 186. The number of hydrogen-bond donors (Lipinski definition) is 17. The number of carboxylic acid groups (broad SMARTS) is 1. The molecule has 0 bridgehead atoms. The quantitative estimate of drug-likeness (QED) is 0.0466. The highest BCUT2D eigenvalue weighted by molar-refractivity contribution is 5.80. The predicted molar refractivity (Wildman–Crippen MR) is 268 cm³/mol. The number of aliphatic carboxylic acids is 1. The summed E-state index contributed by atoms with van der Waals surface area (Å²) < 4.78 is 47.1. The summed E-state index contributed by atoms with van der Waals surface area (Å²) in [6.07, 6.45) is -37.7. The lowest BCUT2D eigenvalue weighted by molar-refractivity contribution is -0.398. The molecule has 4 saturated heterocycles. The van der Waals surface area contributed by atoms with E-state index in [9.17, 15) is 96.4 Å². The zero-order valence-electron chi connectivity index (χ0n) is 46.3. The average molecular weight is 1170 g/mol. The van der Waals surface area contributed by atoms with Gasteiger partial charge in [0, 0.05) is 5.41 Å². The Bertz CT molecular complexity index is 2290. The predicted octanol–water partition coefficient (Wildman–Crippen LogP) is -5.03. The molecule has 27 nitrogen and oxygen atoms in total. The number of fused-ring (bicyclic) bond motifs is 7. The SMILES string of the molecule is CC1(C)CC[C@]2(C(=O)O[C@@H]3O[C@H](CO)[C@@H](O)[C@H](O)[C@H]3O)C(O)C[C@]3(C)C(=CC[C@@H]4[C@@]5(C)C[C@@H](O)[C@H](O[C@@H]6O[C@H](CO)[C@H](O)[C@H](O)[C@H]6O[C@@H]6O[C@H](C(=O)O)[C@@H](O)[C@H](O)[C@H]6O[C@@H]6O[C@H](CO)[C@H](O)[C@H](O)[C@H]6O)[C@@](C)(CO)[C@@H]5CC[C@]43C)[C@@H]2C1. The maximum absolute atomic E-state index is 14.8.